The van der Waals surface area contributed by atoms with Gasteiger partial charge in [0.2, 0.25) is 0 Å². The third-order valence-electron chi connectivity index (χ3n) is 5.77. The molecule has 1 fully saturated rings. The first kappa shape index (κ1) is 21.5. The van der Waals surface area contributed by atoms with Crippen molar-refractivity contribution in [1.82, 2.24) is 14.7 Å². The van der Waals surface area contributed by atoms with Gasteiger partial charge in [-0.05, 0) is 37.0 Å². The average molecular weight is 402 g/mol. The van der Waals surface area contributed by atoms with Gasteiger partial charge in [0.05, 0.1) is 12.2 Å². The van der Waals surface area contributed by atoms with E-state index >= 15 is 0 Å². The van der Waals surface area contributed by atoms with Crippen LogP contribution in [0.15, 0.2) is 23.9 Å². The number of methoxy groups -OCH3 is 1. The smallest absolute Gasteiger partial charge is 0.277 e. The van der Waals surface area contributed by atoms with Crippen LogP contribution in [0.3, 0.4) is 0 Å². The fourth-order valence-electron chi connectivity index (χ4n) is 3.92. The fourth-order valence-corrected chi connectivity index (χ4v) is 3.92. The Morgan fingerprint density at radius 3 is 2.34 bits per heavy atom. The maximum atomic E-state index is 13.3. The lowest BCUT2D eigenvalue weighted by molar-refractivity contribution is -0.137. The number of aryl methyl sites for hydroxylation is 2. The summed E-state index contributed by atoms with van der Waals surface area (Å²) in [6, 6.07) is 5.93. The summed E-state index contributed by atoms with van der Waals surface area (Å²) in [6.45, 7) is 8.51. The number of hydrogen-bond acceptors (Lipinski definition) is 6. The van der Waals surface area contributed by atoms with E-state index in [2.05, 4.69) is 4.90 Å². The SMILES string of the molecule is COCCCN1C(=O)C(c2ccc(C)c(C)c2)=C(N2CCN(CCO)CC2)C1=O. The molecule has 2 aliphatic rings. The van der Waals surface area contributed by atoms with Gasteiger partial charge in [-0.1, -0.05) is 18.2 Å². The monoisotopic (exact) mass is 401 g/mol. The Balaban J connectivity index is 1.93. The molecule has 1 saturated heterocycles. The fraction of sp³-hybridized carbons (Fsp3) is 0.545. The minimum atomic E-state index is -0.220. The van der Waals surface area contributed by atoms with Crippen LogP contribution in [0, 0.1) is 13.8 Å². The van der Waals surface area contributed by atoms with Crippen LogP contribution in [0.2, 0.25) is 0 Å². The third kappa shape index (κ3) is 4.52. The highest BCUT2D eigenvalue weighted by Gasteiger charge is 2.41. The normalized spacial score (nSPS) is 18.3. The topological polar surface area (TPSA) is 73.3 Å². The van der Waals surface area contributed by atoms with E-state index in [1.807, 2.05) is 36.9 Å². The van der Waals surface area contributed by atoms with Crippen LogP contribution in [0.25, 0.3) is 5.57 Å². The molecule has 0 spiro atoms. The Morgan fingerprint density at radius 2 is 1.72 bits per heavy atom. The molecule has 2 amide bonds. The lowest BCUT2D eigenvalue weighted by Gasteiger charge is -2.36. The summed E-state index contributed by atoms with van der Waals surface area (Å²) in [5.41, 5.74) is 4.07. The highest BCUT2D eigenvalue weighted by molar-refractivity contribution is 6.35. The molecule has 0 saturated carbocycles. The Morgan fingerprint density at radius 1 is 1.00 bits per heavy atom. The van der Waals surface area contributed by atoms with E-state index in [0.29, 0.717) is 50.5 Å². The lowest BCUT2D eigenvalue weighted by Crippen LogP contribution is -2.48. The number of carbonyl (C=O) groups excluding carboxylic acids is 2. The molecule has 1 aromatic carbocycles. The molecule has 29 heavy (non-hydrogen) atoms. The van der Waals surface area contributed by atoms with E-state index in [0.717, 1.165) is 29.8 Å². The number of ether oxygens (including phenoxy) is 1. The van der Waals surface area contributed by atoms with Crippen molar-refractivity contribution in [3.63, 3.8) is 0 Å². The molecule has 1 N–H and O–H groups in total. The van der Waals surface area contributed by atoms with Crippen molar-refractivity contribution in [3.8, 4) is 0 Å². The molecule has 2 heterocycles. The van der Waals surface area contributed by atoms with Gasteiger partial charge in [0, 0.05) is 53.0 Å². The van der Waals surface area contributed by atoms with Gasteiger partial charge >= 0.3 is 0 Å². The number of nitrogens with zero attached hydrogens (tertiary/aromatic N) is 3. The van der Waals surface area contributed by atoms with E-state index in [1.165, 1.54) is 4.90 Å². The van der Waals surface area contributed by atoms with E-state index in [-0.39, 0.29) is 18.4 Å². The summed E-state index contributed by atoms with van der Waals surface area (Å²) in [5.74, 6) is -0.433. The lowest BCUT2D eigenvalue weighted by atomic mass is 9.99. The Hall–Kier alpha value is -2.22. The number of aliphatic hydroxyl groups is 1. The summed E-state index contributed by atoms with van der Waals surface area (Å²) in [5, 5.41) is 9.17. The number of β-amino-alcohol motifs (C(OH)–C–C–N with tert-alkyl or cyclic N) is 1. The Labute approximate surface area is 172 Å². The molecule has 2 aliphatic heterocycles. The first-order valence-corrected chi connectivity index (χ1v) is 10.2. The number of piperazine rings is 1. The van der Waals surface area contributed by atoms with Crippen molar-refractivity contribution >= 4 is 17.4 Å². The van der Waals surface area contributed by atoms with Gasteiger partial charge in [-0.25, -0.2) is 0 Å². The van der Waals surface area contributed by atoms with E-state index in [9.17, 15) is 9.59 Å². The number of benzene rings is 1. The first-order chi connectivity index (χ1) is 14.0. The molecule has 0 atom stereocenters. The van der Waals surface area contributed by atoms with Crippen LogP contribution in [0.1, 0.15) is 23.1 Å². The van der Waals surface area contributed by atoms with Gasteiger partial charge in [0.15, 0.2) is 0 Å². The number of amides is 2. The van der Waals surface area contributed by atoms with Crippen LogP contribution in [-0.2, 0) is 14.3 Å². The molecule has 1 aromatic rings. The summed E-state index contributed by atoms with van der Waals surface area (Å²) in [4.78, 5) is 32.1. The van der Waals surface area contributed by atoms with Crippen molar-refractivity contribution < 1.29 is 19.4 Å². The van der Waals surface area contributed by atoms with E-state index in [1.54, 1.807) is 7.11 Å². The number of carbonyl (C=O) groups is 2. The minimum absolute atomic E-state index is 0.126. The third-order valence-corrected chi connectivity index (χ3v) is 5.77. The molecule has 7 nitrogen and oxygen atoms in total. The minimum Gasteiger partial charge on any atom is -0.395 e. The molecule has 158 valence electrons. The number of imide groups is 1. The van der Waals surface area contributed by atoms with Gasteiger partial charge < -0.3 is 14.7 Å². The van der Waals surface area contributed by atoms with Gasteiger partial charge in [0.25, 0.3) is 11.8 Å². The van der Waals surface area contributed by atoms with E-state index in [4.69, 9.17) is 9.84 Å². The zero-order valence-corrected chi connectivity index (χ0v) is 17.6. The summed E-state index contributed by atoms with van der Waals surface area (Å²) in [6.07, 6.45) is 0.617. The zero-order chi connectivity index (χ0) is 21.0. The van der Waals surface area contributed by atoms with Crippen LogP contribution in [0.5, 0.6) is 0 Å². The van der Waals surface area contributed by atoms with Crippen LogP contribution < -0.4 is 0 Å². The molecule has 7 heteroatoms. The highest BCUT2D eigenvalue weighted by Crippen LogP contribution is 2.33. The largest absolute Gasteiger partial charge is 0.395 e. The maximum absolute atomic E-state index is 13.3. The number of rotatable bonds is 8. The number of aliphatic hydroxyl groups excluding tert-OH is 1. The quantitative estimate of drug-likeness (QED) is 0.518. The van der Waals surface area contributed by atoms with Gasteiger partial charge in [-0.3, -0.25) is 19.4 Å². The van der Waals surface area contributed by atoms with Crippen molar-refractivity contribution in [1.29, 1.82) is 0 Å². The van der Waals surface area contributed by atoms with Crippen molar-refractivity contribution in [2.24, 2.45) is 0 Å². The van der Waals surface area contributed by atoms with Gasteiger partial charge in [-0.2, -0.15) is 0 Å². The first-order valence-electron chi connectivity index (χ1n) is 10.2. The van der Waals surface area contributed by atoms with Gasteiger partial charge in [0.1, 0.15) is 5.70 Å². The zero-order valence-electron chi connectivity index (χ0n) is 17.6. The summed E-state index contributed by atoms with van der Waals surface area (Å²) in [7, 11) is 1.61. The average Bonchev–Trinajstić information content (AvgIpc) is 2.96. The van der Waals surface area contributed by atoms with Crippen LogP contribution >= 0.6 is 0 Å². The second-order valence-electron chi connectivity index (χ2n) is 7.68. The second kappa shape index (κ2) is 9.52. The molecular weight excluding hydrogens is 370 g/mol. The Bertz CT molecular complexity index is 797. The molecule has 0 aromatic heterocycles. The molecular formula is C22H31N3O4. The van der Waals surface area contributed by atoms with Crippen LogP contribution in [-0.4, -0.2) is 91.2 Å². The van der Waals surface area contributed by atoms with Crippen LogP contribution in [0.4, 0.5) is 0 Å². The summed E-state index contributed by atoms with van der Waals surface area (Å²) >= 11 is 0. The van der Waals surface area contributed by atoms with E-state index < -0.39 is 0 Å². The van der Waals surface area contributed by atoms with Crippen molar-refractivity contribution in [2.45, 2.75) is 20.3 Å². The summed E-state index contributed by atoms with van der Waals surface area (Å²) < 4.78 is 5.09. The predicted molar refractivity (Wildman–Crippen MR) is 111 cm³/mol. The second-order valence-corrected chi connectivity index (χ2v) is 7.68. The molecule has 3 rings (SSSR count). The molecule has 0 radical (unpaired) electrons. The maximum Gasteiger partial charge on any atom is 0.277 e. The molecule has 0 bridgehead atoms. The van der Waals surface area contributed by atoms with Crippen molar-refractivity contribution in [2.75, 3.05) is 59.6 Å². The van der Waals surface area contributed by atoms with Crippen molar-refractivity contribution in [3.05, 3.63) is 40.6 Å². The number of hydrogen-bond donors (Lipinski definition) is 1. The molecule has 0 unspecified atom stereocenters. The Kier molecular flexibility index (Phi) is 7.05. The van der Waals surface area contributed by atoms with Gasteiger partial charge in [-0.15, -0.1) is 0 Å². The standard InChI is InChI=1S/C22H31N3O4/c1-16-5-6-18(15-17(16)2)19-20(24-10-8-23(9-11-24)12-13-26)22(28)25(21(19)27)7-4-14-29-3/h5-6,15,26H,4,7-14H2,1-3H3. The highest BCUT2D eigenvalue weighted by atomic mass is 16.5. The predicted octanol–water partition coefficient (Wildman–Crippen LogP) is 1.03. The molecule has 0 aliphatic carbocycles.